The van der Waals surface area contributed by atoms with E-state index in [0.717, 1.165) is 5.56 Å². The topological polar surface area (TPSA) is 78.9 Å². The molecule has 0 aliphatic carbocycles. The zero-order valence-corrected chi connectivity index (χ0v) is 14.8. The van der Waals surface area contributed by atoms with E-state index in [1.54, 1.807) is 62.5 Å². The second-order valence-electron chi connectivity index (χ2n) is 5.62. The Morgan fingerprint density at radius 1 is 1.15 bits per heavy atom. The number of carbonyl (C=O) groups excluding carboxylic acids is 2. The van der Waals surface area contributed by atoms with Crippen LogP contribution in [0.4, 0.5) is 10.5 Å². The summed E-state index contributed by atoms with van der Waals surface area (Å²) in [5.74, 6) is -0.236. The Hall–Kier alpha value is -3.28. The molecule has 26 heavy (non-hydrogen) atoms. The number of nitrogens with zero attached hydrogens (tertiary/aromatic N) is 1. The normalized spacial score (nSPS) is 10.5. The minimum atomic E-state index is -0.393. The molecular formula is C20H22N2O4. The second-order valence-corrected chi connectivity index (χ2v) is 5.62. The quantitative estimate of drug-likeness (QED) is 0.613. The van der Waals surface area contributed by atoms with Crippen LogP contribution in [-0.2, 0) is 16.1 Å². The highest BCUT2D eigenvalue weighted by Crippen LogP contribution is 2.18. The summed E-state index contributed by atoms with van der Waals surface area (Å²) >= 11 is 0. The van der Waals surface area contributed by atoms with E-state index < -0.39 is 5.97 Å². The van der Waals surface area contributed by atoms with Gasteiger partial charge in [-0.05, 0) is 36.8 Å². The maximum absolute atomic E-state index is 12.3. The summed E-state index contributed by atoms with van der Waals surface area (Å²) in [5, 5.41) is 12.6. The number of para-hydroxylation sites is 1. The van der Waals surface area contributed by atoms with E-state index in [2.05, 4.69) is 5.32 Å². The van der Waals surface area contributed by atoms with Crippen molar-refractivity contribution in [3.8, 4) is 5.75 Å². The van der Waals surface area contributed by atoms with Gasteiger partial charge in [0.25, 0.3) is 0 Å². The lowest BCUT2D eigenvalue weighted by Crippen LogP contribution is -2.30. The van der Waals surface area contributed by atoms with Gasteiger partial charge in [-0.3, -0.25) is 0 Å². The molecule has 2 aromatic rings. The van der Waals surface area contributed by atoms with Gasteiger partial charge in [-0.1, -0.05) is 30.3 Å². The summed E-state index contributed by atoms with van der Waals surface area (Å²) in [5.41, 5.74) is 2.12. The summed E-state index contributed by atoms with van der Waals surface area (Å²) in [7, 11) is 1.65. The predicted octanol–water partition coefficient (Wildman–Crippen LogP) is 3.63. The number of amides is 2. The van der Waals surface area contributed by atoms with Crippen molar-refractivity contribution in [2.75, 3.05) is 19.0 Å². The lowest BCUT2D eigenvalue weighted by Gasteiger charge is -2.18. The lowest BCUT2D eigenvalue weighted by atomic mass is 10.2. The van der Waals surface area contributed by atoms with Gasteiger partial charge in [0.05, 0.1) is 13.2 Å². The molecule has 2 rings (SSSR count). The third kappa shape index (κ3) is 5.66. The highest BCUT2D eigenvalue weighted by molar-refractivity contribution is 5.90. The summed E-state index contributed by atoms with van der Waals surface area (Å²) in [4.78, 5) is 25.0. The van der Waals surface area contributed by atoms with E-state index in [1.165, 1.54) is 11.0 Å². The van der Waals surface area contributed by atoms with Crippen molar-refractivity contribution in [2.24, 2.45) is 0 Å². The maximum atomic E-state index is 12.3. The van der Waals surface area contributed by atoms with Crippen molar-refractivity contribution in [3.63, 3.8) is 0 Å². The molecule has 136 valence electrons. The Labute approximate surface area is 152 Å². The van der Waals surface area contributed by atoms with Crippen LogP contribution >= 0.6 is 0 Å². The predicted molar refractivity (Wildman–Crippen MR) is 101 cm³/mol. The Bertz CT molecular complexity index is 785. The number of carbonyl (C=O) groups is 2. The van der Waals surface area contributed by atoms with Crippen LogP contribution in [-0.4, -0.2) is 35.7 Å². The van der Waals surface area contributed by atoms with Crippen LogP contribution in [0.2, 0.25) is 0 Å². The summed E-state index contributed by atoms with van der Waals surface area (Å²) in [6, 6.07) is 13.7. The minimum Gasteiger partial charge on any atom is -0.508 e. The first-order valence-corrected chi connectivity index (χ1v) is 8.23. The molecule has 0 fully saturated rings. The third-order valence-corrected chi connectivity index (χ3v) is 3.61. The maximum Gasteiger partial charge on any atom is 0.330 e. The van der Waals surface area contributed by atoms with Gasteiger partial charge in [0, 0.05) is 24.4 Å². The molecule has 2 N–H and O–H groups in total. The number of urea groups is 1. The average Bonchev–Trinajstić information content (AvgIpc) is 2.63. The van der Waals surface area contributed by atoms with E-state index >= 15 is 0 Å². The molecule has 0 aliphatic rings. The van der Waals surface area contributed by atoms with Gasteiger partial charge < -0.3 is 20.1 Å². The number of anilines is 1. The first-order valence-electron chi connectivity index (χ1n) is 8.23. The number of aromatic hydroxyl groups is 1. The molecule has 0 bridgehead atoms. The Morgan fingerprint density at radius 3 is 2.50 bits per heavy atom. The van der Waals surface area contributed by atoms with Gasteiger partial charge in [0.2, 0.25) is 0 Å². The standard InChI is InChI=1S/C20H22N2O4/c1-3-26-19(24)13-10-15-8-11-17(12-9-15)21-20(25)22(2)14-16-6-4-5-7-18(16)23/h4-13,23H,3,14H2,1-2H3,(H,21,25)/b13-10+. The van der Waals surface area contributed by atoms with Crippen molar-refractivity contribution in [1.29, 1.82) is 0 Å². The van der Waals surface area contributed by atoms with E-state index in [-0.39, 0.29) is 11.8 Å². The number of benzene rings is 2. The Kier molecular flexibility index (Phi) is 6.79. The van der Waals surface area contributed by atoms with E-state index in [0.29, 0.717) is 24.4 Å². The molecule has 0 spiro atoms. The van der Waals surface area contributed by atoms with Crippen molar-refractivity contribution in [1.82, 2.24) is 4.90 Å². The molecular weight excluding hydrogens is 332 g/mol. The molecule has 6 nitrogen and oxygen atoms in total. The number of phenols is 1. The fraction of sp³-hybridized carbons (Fsp3) is 0.200. The van der Waals surface area contributed by atoms with Gasteiger partial charge in [-0.2, -0.15) is 0 Å². The summed E-state index contributed by atoms with van der Waals surface area (Å²) < 4.78 is 4.82. The van der Waals surface area contributed by atoms with Crippen LogP contribution in [0.5, 0.6) is 5.75 Å². The zero-order valence-electron chi connectivity index (χ0n) is 14.8. The van der Waals surface area contributed by atoms with Crippen LogP contribution in [0.25, 0.3) is 6.08 Å². The monoisotopic (exact) mass is 354 g/mol. The minimum absolute atomic E-state index is 0.157. The molecule has 0 unspecified atom stereocenters. The number of hydrogen-bond donors (Lipinski definition) is 2. The number of phenolic OH excluding ortho intramolecular Hbond substituents is 1. The molecule has 0 aromatic heterocycles. The molecule has 0 saturated carbocycles. The van der Waals surface area contributed by atoms with Gasteiger partial charge in [0.15, 0.2) is 0 Å². The molecule has 0 saturated heterocycles. The van der Waals surface area contributed by atoms with E-state index in [4.69, 9.17) is 4.74 Å². The van der Waals surface area contributed by atoms with Crippen LogP contribution < -0.4 is 5.32 Å². The molecule has 0 heterocycles. The number of ether oxygens (including phenoxy) is 1. The van der Waals surface area contributed by atoms with Crippen molar-refractivity contribution >= 4 is 23.8 Å². The van der Waals surface area contributed by atoms with Gasteiger partial charge in [0.1, 0.15) is 5.75 Å². The summed E-state index contributed by atoms with van der Waals surface area (Å²) in [6.07, 6.45) is 3.01. The number of esters is 1. The third-order valence-electron chi connectivity index (χ3n) is 3.61. The van der Waals surface area contributed by atoms with E-state index in [9.17, 15) is 14.7 Å². The van der Waals surface area contributed by atoms with Crippen LogP contribution in [0.15, 0.2) is 54.6 Å². The smallest absolute Gasteiger partial charge is 0.330 e. The summed E-state index contributed by atoms with van der Waals surface area (Å²) in [6.45, 7) is 2.38. The number of hydrogen-bond acceptors (Lipinski definition) is 4. The SMILES string of the molecule is CCOC(=O)/C=C/c1ccc(NC(=O)N(C)Cc2ccccc2O)cc1. The fourth-order valence-corrected chi connectivity index (χ4v) is 2.22. The largest absolute Gasteiger partial charge is 0.508 e. The average molecular weight is 354 g/mol. The van der Waals surface area contributed by atoms with Crippen LogP contribution in [0.3, 0.4) is 0 Å². The van der Waals surface area contributed by atoms with Crippen molar-refractivity contribution < 1.29 is 19.4 Å². The van der Waals surface area contributed by atoms with Gasteiger partial charge >= 0.3 is 12.0 Å². The molecule has 2 aromatic carbocycles. The number of nitrogens with one attached hydrogen (secondary N) is 1. The zero-order chi connectivity index (χ0) is 18.9. The van der Waals surface area contributed by atoms with Gasteiger partial charge in [-0.25, -0.2) is 9.59 Å². The van der Waals surface area contributed by atoms with E-state index in [1.807, 2.05) is 6.07 Å². The lowest BCUT2D eigenvalue weighted by molar-refractivity contribution is -0.137. The highest BCUT2D eigenvalue weighted by atomic mass is 16.5. The van der Waals surface area contributed by atoms with Crippen LogP contribution in [0.1, 0.15) is 18.1 Å². The first-order chi connectivity index (χ1) is 12.5. The van der Waals surface area contributed by atoms with Crippen molar-refractivity contribution in [2.45, 2.75) is 13.5 Å². The number of rotatable bonds is 6. The highest BCUT2D eigenvalue weighted by Gasteiger charge is 2.11. The first kappa shape index (κ1) is 19.1. The molecule has 2 amide bonds. The second kappa shape index (κ2) is 9.27. The molecule has 0 aliphatic heterocycles. The Morgan fingerprint density at radius 2 is 1.85 bits per heavy atom. The van der Waals surface area contributed by atoms with Gasteiger partial charge in [-0.15, -0.1) is 0 Å². The molecule has 6 heteroatoms. The Balaban J connectivity index is 1.92. The van der Waals surface area contributed by atoms with Crippen molar-refractivity contribution in [3.05, 3.63) is 65.7 Å². The molecule has 0 atom stereocenters. The molecule has 0 radical (unpaired) electrons. The fourth-order valence-electron chi connectivity index (χ4n) is 2.22. The van der Waals surface area contributed by atoms with Crippen LogP contribution in [0, 0.1) is 0 Å².